The molecule has 0 heterocycles. The number of nitrogens with one attached hydrogen (secondary N) is 1. The second-order valence-corrected chi connectivity index (χ2v) is 4.41. The highest BCUT2D eigenvalue weighted by Crippen LogP contribution is 2.23. The van der Waals surface area contributed by atoms with Gasteiger partial charge in [0.25, 0.3) is 0 Å². The molecule has 4 nitrogen and oxygen atoms in total. The predicted molar refractivity (Wildman–Crippen MR) is 58.4 cm³/mol. The van der Waals surface area contributed by atoms with Gasteiger partial charge in [-0.2, -0.15) is 0 Å². The fraction of sp³-hybridized carbons (Fsp3) is 0.364. The average molecular weight is 209 g/mol. The highest BCUT2D eigenvalue weighted by Gasteiger charge is 2.13. The predicted octanol–water partition coefficient (Wildman–Crippen LogP) is 2.30. The zero-order chi connectivity index (χ0) is 11.6. The third kappa shape index (κ3) is 3.16. The van der Waals surface area contributed by atoms with Crippen LogP contribution in [0.3, 0.4) is 0 Å². The highest BCUT2D eigenvalue weighted by molar-refractivity contribution is 5.91. The van der Waals surface area contributed by atoms with E-state index in [1.165, 1.54) is 12.1 Å². The molecule has 0 fully saturated rings. The lowest BCUT2D eigenvalue weighted by Gasteiger charge is -2.22. The van der Waals surface area contributed by atoms with Crippen molar-refractivity contribution in [1.82, 2.24) is 0 Å². The topological polar surface area (TPSA) is 69.6 Å². The molecule has 0 saturated heterocycles. The fourth-order valence-electron chi connectivity index (χ4n) is 1.22. The summed E-state index contributed by atoms with van der Waals surface area (Å²) in [6, 6.07) is 4.43. The first-order chi connectivity index (χ1) is 6.79. The number of rotatable bonds is 2. The fourth-order valence-corrected chi connectivity index (χ4v) is 1.22. The van der Waals surface area contributed by atoms with Crippen LogP contribution in [0.2, 0.25) is 0 Å². The summed E-state index contributed by atoms with van der Waals surface area (Å²) in [6.45, 7) is 5.94. The zero-order valence-electron chi connectivity index (χ0n) is 9.03. The van der Waals surface area contributed by atoms with Crippen molar-refractivity contribution >= 4 is 11.7 Å². The van der Waals surface area contributed by atoms with Gasteiger partial charge in [-0.05, 0) is 32.9 Å². The number of phenols is 1. The van der Waals surface area contributed by atoms with Crippen molar-refractivity contribution in [2.75, 3.05) is 5.32 Å². The number of anilines is 1. The van der Waals surface area contributed by atoms with Crippen molar-refractivity contribution < 1.29 is 15.0 Å². The lowest BCUT2D eigenvalue weighted by atomic mass is 10.1. The Morgan fingerprint density at radius 1 is 1.33 bits per heavy atom. The molecule has 1 aromatic carbocycles. The van der Waals surface area contributed by atoms with Crippen molar-refractivity contribution in [2.45, 2.75) is 26.3 Å². The van der Waals surface area contributed by atoms with Crippen LogP contribution in [-0.4, -0.2) is 21.7 Å². The lowest BCUT2D eigenvalue weighted by Crippen LogP contribution is -2.25. The Hall–Kier alpha value is -1.71. The van der Waals surface area contributed by atoms with Crippen molar-refractivity contribution in [3.63, 3.8) is 0 Å². The van der Waals surface area contributed by atoms with E-state index in [0.29, 0.717) is 5.69 Å². The van der Waals surface area contributed by atoms with E-state index in [0.717, 1.165) is 0 Å². The molecule has 0 aliphatic heterocycles. The van der Waals surface area contributed by atoms with E-state index in [1.54, 1.807) is 6.07 Å². The van der Waals surface area contributed by atoms with Crippen LogP contribution in [0.4, 0.5) is 5.69 Å². The maximum Gasteiger partial charge on any atom is 0.339 e. The van der Waals surface area contributed by atoms with E-state index in [9.17, 15) is 9.90 Å². The van der Waals surface area contributed by atoms with Gasteiger partial charge in [-0.15, -0.1) is 0 Å². The number of benzene rings is 1. The molecule has 0 saturated carbocycles. The third-order valence-corrected chi connectivity index (χ3v) is 1.75. The van der Waals surface area contributed by atoms with Crippen molar-refractivity contribution in [2.24, 2.45) is 0 Å². The van der Waals surface area contributed by atoms with Crippen LogP contribution in [-0.2, 0) is 0 Å². The number of hydrogen-bond acceptors (Lipinski definition) is 3. The van der Waals surface area contributed by atoms with E-state index in [1.807, 2.05) is 20.8 Å². The summed E-state index contributed by atoms with van der Waals surface area (Å²) in [4.78, 5) is 10.6. The SMILES string of the molecule is CC(C)(C)Nc1ccc(C(=O)O)c(O)c1. The van der Waals surface area contributed by atoms with Crippen molar-refractivity contribution in [3.05, 3.63) is 23.8 Å². The maximum absolute atomic E-state index is 10.6. The first-order valence-corrected chi connectivity index (χ1v) is 4.64. The monoisotopic (exact) mass is 209 g/mol. The Bertz CT molecular complexity index is 380. The van der Waals surface area contributed by atoms with Gasteiger partial charge in [-0.1, -0.05) is 0 Å². The number of aromatic hydroxyl groups is 1. The summed E-state index contributed by atoms with van der Waals surface area (Å²) in [7, 11) is 0. The van der Waals surface area contributed by atoms with E-state index in [-0.39, 0.29) is 16.9 Å². The van der Waals surface area contributed by atoms with Gasteiger partial charge >= 0.3 is 5.97 Å². The normalized spacial score (nSPS) is 11.1. The van der Waals surface area contributed by atoms with Crippen LogP contribution in [0, 0.1) is 0 Å². The zero-order valence-corrected chi connectivity index (χ0v) is 9.03. The average Bonchev–Trinajstić information content (AvgIpc) is 1.99. The van der Waals surface area contributed by atoms with Crippen molar-refractivity contribution in [1.29, 1.82) is 0 Å². The molecule has 0 amide bonds. The van der Waals surface area contributed by atoms with Gasteiger partial charge in [-0.3, -0.25) is 0 Å². The number of carboxylic acids is 1. The van der Waals surface area contributed by atoms with Gasteiger partial charge in [0.2, 0.25) is 0 Å². The minimum absolute atomic E-state index is 0.0885. The molecule has 0 spiro atoms. The first-order valence-electron chi connectivity index (χ1n) is 4.64. The van der Waals surface area contributed by atoms with Crippen LogP contribution in [0.1, 0.15) is 31.1 Å². The van der Waals surface area contributed by atoms with Crippen LogP contribution in [0.5, 0.6) is 5.75 Å². The van der Waals surface area contributed by atoms with Gasteiger partial charge in [0.1, 0.15) is 11.3 Å². The number of carbonyl (C=O) groups is 1. The molecule has 0 unspecified atom stereocenters. The van der Waals surface area contributed by atoms with E-state index >= 15 is 0 Å². The minimum atomic E-state index is -1.13. The second kappa shape index (κ2) is 3.81. The molecule has 0 aliphatic carbocycles. The Kier molecular flexibility index (Phi) is 2.88. The molecule has 1 aromatic rings. The largest absolute Gasteiger partial charge is 0.507 e. The van der Waals surface area contributed by atoms with E-state index in [4.69, 9.17) is 5.11 Å². The number of aromatic carboxylic acids is 1. The summed E-state index contributed by atoms with van der Waals surface area (Å²) >= 11 is 0. The maximum atomic E-state index is 10.6. The Morgan fingerprint density at radius 2 is 1.93 bits per heavy atom. The molecule has 3 N–H and O–H groups in total. The van der Waals surface area contributed by atoms with E-state index < -0.39 is 5.97 Å². The van der Waals surface area contributed by atoms with E-state index in [2.05, 4.69) is 5.32 Å². The van der Waals surface area contributed by atoms with Gasteiger partial charge in [-0.25, -0.2) is 4.79 Å². The summed E-state index contributed by atoms with van der Waals surface area (Å²) in [5.41, 5.74) is 0.483. The molecule has 0 atom stereocenters. The third-order valence-electron chi connectivity index (χ3n) is 1.75. The molecule has 0 radical (unpaired) electrons. The lowest BCUT2D eigenvalue weighted by molar-refractivity contribution is 0.0694. The molecule has 0 bridgehead atoms. The Labute approximate surface area is 88.6 Å². The molecule has 1 rings (SSSR count). The van der Waals surface area contributed by atoms with Gasteiger partial charge < -0.3 is 15.5 Å². The van der Waals surface area contributed by atoms with Gasteiger partial charge in [0, 0.05) is 17.3 Å². The van der Waals surface area contributed by atoms with Crippen LogP contribution in [0.15, 0.2) is 18.2 Å². The molecule has 0 aliphatic rings. The van der Waals surface area contributed by atoms with Gasteiger partial charge in [0.05, 0.1) is 0 Å². The molecule has 4 heteroatoms. The quantitative estimate of drug-likeness (QED) is 0.699. The van der Waals surface area contributed by atoms with Gasteiger partial charge in [0.15, 0.2) is 0 Å². The molecular weight excluding hydrogens is 194 g/mol. The number of hydrogen-bond donors (Lipinski definition) is 3. The number of carboxylic acid groups (broad SMARTS) is 1. The van der Waals surface area contributed by atoms with Crippen molar-refractivity contribution in [3.8, 4) is 5.75 Å². The molecule has 15 heavy (non-hydrogen) atoms. The standard InChI is InChI=1S/C11H15NO3/c1-11(2,3)12-7-4-5-8(10(14)15)9(13)6-7/h4-6,12-13H,1-3H3,(H,14,15). The minimum Gasteiger partial charge on any atom is -0.507 e. The Balaban J connectivity index is 2.97. The summed E-state index contributed by atoms with van der Waals surface area (Å²) in [6.07, 6.45) is 0. The summed E-state index contributed by atoms with van der Waals surface area (Å²) in [5.74, 6) is -1.36. The van der Waals surface area contributed by atoms with Crippen LogP contribution >= 0.6 is 0 Å². The molecular formula is C11H15NO3. The first kappa shape index (κ1) is 11.4. The highest BCUT2D eigenvalue weighted by atomic mass is 16.4. The molecule has 82 valence electrons. The summed E-state index contributed by atoms with van der Waals surface area (Å²) in [5, 5.41) is 21.3. The smallest absolute Gasteiger partial charge is 0.339 e. The van der Waals surface area contributed by atoms with Crippen LogP contribution < -0.4 is 5.32 Å². The Morgan fingerprint density at radius 3 is 2.33 bits per heavy atom. The van der Waals surface area contributed by atoms with Crippen LogP contribution in [0.25, 0.3) is 0 Å². The summed E-state index contributed by atoms with van der Waals surface area (Å²) < 4.78 is 0. The second-order valence-electron chi connectivity index (χ2n) is 4.41. The molecule has 0 aromatic heterocycles.